The van der Waals surface area contributed by atoms with E-state index in [-0.39, 0.29) is 24.0 Å². The van der Waals surface area contributed by atoms with Crippen LogP contribution < -0.4 is 9.62 Å². The van der Waals surface area contributed by atoms with Gasteiger partial charge in [0.1, 0.15) is 12.1 Å². The third-order valence-corrected chi connectivity index (χ3v) is 7.20. The minimum Gasteiger partial charge on any atom is -0.368 e. The molecule has 1 aliphatic heterocycles. The van der Waals surface area contributed by atoms with Crippen LogP contribution >= 0.6 is 0 Å². The lowest BCUT2D eigenvalue weighted by Crippen LogP contribution is -2.50. The average Bonchev–Trinajstić information content (AvgIpc) is 2.86. The van der Waals surface area contributed by atoms with Crippen LogP contribution in [0.1, 0.15) is 26.3 Å². The number of carbonyl (C=O) groups excluding carboxylic acids is 1. The Morgan fingerprint density at radius 2 is 1.73 bits per heavy atom. The Hall–Kier alpha value is -3.46. The number of rotatable bonds is 7. The molecule has 0 spiro atoms. The fourth-order valence-corrected chi connectivity index (χ4v) is 5.04. The van der Waals surface area contributed by atoms with Crippen LogP contribution in [0.2, 0.25) is 0 Å². The van der Waals surface area contributed by atoms with Crippen molar-refractivity contribution in [3.8, 4) is 0 Å². The normalized spacial score (nSPS) is 15.2. The van der Waals surface area contributed by atoms with E-state index in [1.807, 2.05) is 42.2 Å². The Labute approximate surface area is 195 Å². The summed E-state index contributed by atoms with van der Waals surface area (Å²) in [6, 6.07) is 18.2. The van der Waals surface area contributed by atoms with Gasteiger partial charge in [-0.25, -0.2) is 18.4 Å². The molecule has 0 aliphatic carbocycles. The summed E-state index contributed by atoms with van der Waals surface area (Å²) in [7, 11) is -3.73. The van der Waals surface area contributed by atoms with Crippen molar-refractivity contribution in [3.05, 3.63) is 78.8 Å². The lowest BCUT2D eigenvalue weighted by molar-refractivity contribution is -0.133. The van der Waals surface area contributed by atoms with E-state index < -0.39 is 10.0 Å². The molecule has 3 aromatic rings. The summed E-state index contributed by atoms with van der Waals surface area (Å²) in [6.45, 7) is 4.71. The molecule has 0 bridgehead atoms. The molecule has 1 N–H and O–H groups in total. The number of nitrogens with one attached hydrogen (secondary N) is 1. The third-order valence-electron chi connectivity index (χ3n) is 5.83. The average molecular weight is 468 g/mol. The Morgan fingerprint density at radius 1 is 1.03 bits per heavy atom. The molecule has 0 saturated carbocycles. The maximum absolute atomic E-state index is 13.1. The van der Waals surface area contributed by atoms with Gasteiger partial charge in [-0.05, 0) is 42.3 Å². The molecular weight excluding hydrogens is 438 g/mol. The summed E-state index contributed by atoms with van der Waals surface area (Å²) < 4.78 is 27.6. The fraction of sp³-hybridized carbons (Fsp3) is 0.292. The Balaban J connectivity index is 0.00000324. The quantitative estimate of drug-likeness (QED) is 0.572. The highest BCUT2D eigenvalue weighted by Gasteiger charge is 2.27. The first-order valence-electron chi connectivity index (χ1n) is 11.0. The Bertz CT molecular complexity index is 1170. The second-order valence-corrected chi connectivity index (χ2v) is 9.56. The minimum atomic E-state index is -3.73. The number of carbonyl (C=O) groups is 1. The zero-order chi connectivity index (χ0) is 23.3. The highest BCUT2D eigenvalue weighted by atomic mass is 32.2. The predicted molar refractivity (Wildman–Crippen MR) is 130 cm³/mol. The van der Waals surface area contributed by atoms with Gasteiger partial charge >= 0.3 is 0 Å². The molecule has 1 fully saturated rings. The lowest BCUT2D eigenvalue weighted by Gasteiger charge is -2.37. The van der Waals surface area contributed by atoms with Gasteiger partial charge in [0.15, 0.2) is 0 Å². The van der Waals surface area contributed by atoms with E-state index in [1.54, 1.807) is 24.3 Å². The van der Waals surface area contributed by atoms with Crippen molar-refractivity contribution in [1.29, 1.82) is 0 Å². The van der Waals surface area contributed by atoms with Crippen LogP contribution in [0.25, 0.3) is 0 Å². The molecule has 1 aromatic heterocycles. The van der Waals surface area contributed by atoms with Gasteiger partial charge in [0.25, 0.3) is 10.0 Å². The molecule has 1 aliphatic rings. The molecule has 174 valence electrons. The van der Waals surface area contributed by atoms with Crippen LogP contribution in [-0.4, -0.2) is 55.4 Å². The van der Waals surface area contributed by atoms with Gasteiger partial charge < -0.3 is 9.80 Å². The van der Waals surface area contributed by atoms with Gasteiger partial charge in [0.05, 0.1) is 10.8 Å². The van der Waals surface area contributed by atoms with Crippen LogP contribution in [0.15, 0.2) is 78.1 Å². The number of benzene rings is 2. The summed E-state index contributed by atoms with van der Waals surface area (Å²) in [5, 5.41) is 0. The summed E-state index contributed by atoms with van der Waals surface area (Å²) in [5.74, 6) is 0.265. The van der Waals surface area contributed by atoms with Crippen LogP contribution in [0, 0.1) is 0 Å². The summed E-state index contributed by atoms with van der Waals surface area (Å²) in [5.41, 5.74) is 1.98. The van der Waals surface area contributed by atoms with Gasteiger partial charge in [-0.1, -0.05) is 37.3 Å². The molecule has 33 heavy (non-hydrogen) atoms. The summed E-state index contributed by atoms with van der Waals surface area (Å²) >= 11 is 0. The third kappa shape index (κ3) is 5.31. The van der Waals surface area contributed by atoms with E-state index >= 15 is 0 Å². The van der Waals surface area contributed by atoms with Crippen molar-refractivity contribution < 1.29 is 14.6 Å². The molecule has 1 amide bonds. The van der Waals surface area contributed by atoms with E-state index in [0.29, 0.717) is 26.2 Å². The van der Waals surface area contributed by atoms with E-state index in [4.69, 9.17) is 0 Å². The lowest BCUT2D eigenvalue weighted by atomic mass is 9.95. The molecule has 0 unspecified atom stereocenters. The number of anilines is 2. The number of hydrogen-bond acceptors (Lipinski definition) is 6. The van der Waals surface area contributed by atoms with E-state index in [0.717, 1.165) is 17.7 Å². The maximum atomic E-state index is 13.1. The Kier molecular flexibility index (Phi) is 6.88. The van der Waals surface area contributed by atoms with Crippen LogP contribution in [-0.2, 0) is 14.8 Å². The first kappa shape index (κ1) is 22.7. The molecule has 2 aromatic carbocycles. The molecule has 4 rings (SSSR count). The van der Waals surface area contributed by atoms with Gasteiger partial charge in [0.2, 0.25) is 5.91 Å². The fourth-order valence-electron chi connectivity index (χ4n) is 4.03. The number of hydrogen-bond donors (Lipinski definition) is 1. The number of amides is 1. The standard InChI is InChI=1S/C24H27N5O3S.H2/c1-2-22(19-6-4-3-5-7-19)24(30)29-16-14-28(15-17-29)20-8-10-21(11-9-20)33(31,32)27-23-12-13-25-18-26-23;/h3-13,18,22H,2,14-17H2,1H3,(H,25,26,27);1H/t22-;/m1./s1. The van der Waals surface area contributed by atoms with Crippen LogP contribution in [0.3, 0.4) is 0 Å². The molecule has 2 heterocycles. The summed E-state index contributed by atoms with van der Waals surface area (Å²) in [6.07, 6.45) is 3.52. The number of sulfonamides is 1. The van der Waals surface area contributed by atoms with Crippen molar-refractivity contribution in [3.63, 3.8) is 0 Å². The monoisotopic (exact) mass is 467 g/mol. The van der Waals surface area contributed by atoms with Gasteiger partial charge in [-0.2, -0.15) is 0 Å². The van der Waals surface area contributed by atoms with Gasteiger partial charge in [0, 0.05) is 39.5 Å². The van der Waals surface area contributed by atoms with Crippen LogP contribution in [0.5, 0.6) is 0 Å². The Morgan fingerprint density at radius 3 is 2.33 bits per heavy atom. The van der Waals surface area contributed by atoms with Crippen molar-refractivity contribution >= 4 is 27.4 Å². The molecule has 9 heteroatoms. The highest BCUT2D eigenvalue weighted by Crippen LogP contribution is 2.25. The molecular formula is C24H29N5O3S. The first-order valence-corrected chi connectivity index (χ1v) is 12.4. The van der Waals surface area contributed by atoms with Crippen molar-refractivity contribution in [1.82, 2.24) is 14.9 Å². The smallest absolute Gasteiger partial charge is 0.263 e. The summed E-state index contributed by atoms with van der Waals surface area (Å²) in [4.78, 5) is 25.0. The SMILES string of the molecule is CC[C@@H](C(=O)N1CCN(c2ccc(S(=O)(=O)Nc3ccncn3)cc2)CC1)c1ccccc1.[HH]. The predicted octanol–water partition coefficient (Wildman–Crippen LogP) is 3.37. The van der Waals surface area contributed by atoms with Crippen molar-refractivity contribution in [2.24, 2.45) is 0 Å². The van der Waals surface area contributed by atoms with Crippen molar-refractivity contribution in [2.45, 2.75) is 24.2 Å². The topological polar surface area (TPSA) is 95.5 Å². The molecule has 1 saturated heterocycles. The van der Waals surface area contributed by atoms with Crippen LogP contribution in [0.4, 0.5) is 11.5 Å². The van der Waals surface area contributed by atoms with Gasteiger partial charge in [-0.15, -0.1) is 0 Å². The van der Waals surface area contributed by atoms with Crippen molar-refractivity contribution in [2.75, 3.05) is 35.8 Å². The molecule has 1 atom stereocenters. The van der Waals surface area contributed by atoms with E-state index in [9.17, 15) is 13.2 Å². The van der Waals surface area contributed by atoms with E-state index in [2.05, 4.69) is 19.6 Å². The zero-order valence-electron chi connectivity index (χ0n) is 18.5. The first-order chi connectivity index (χ1) is 16.0. The number of aromatic nitrogens is 2. The van der Waals surface area contributed by atoms with Gasteiger partial charge in [-0.3, -0.25) is 9.52 Å². The maximum Gasteiger partial charge on any atom is 0.263 e. The molecule has 0 radical (unpaired) electrons. The second kappa shape index (κ2) is 9.99. The largest absolute Gasteiger partial charge is 0.368 e. The highest BCUT2D eigenvalue weighted by molar-refractivity contribution is 7.92. The number of piperazine rings is 1. The molecule has 8 nitrogen and oxygen atoms in total. The number of nitrogens with zero attached hydrogens (tertiary/aromatic N) is 4. The second-order valence-electron chi connectivity index (χ2n) is 7.88. The zero-order valence-corrected chi connectivity index (χ0v) is 19.3. The van der Waals surface area contributed by atoms with E-state index in [1.165, 1.54) is 18.6 Å². The minimum absolute atomic E-state index is 0.